The molecule has 0 aromatic rings. The van der Waals surface area contributed by atoms with Crippen LogP contribution in [-0.2, 0) is 28.6 Å². The quantitative estimate of drug-likeness (QED) is 0.0343. The molecule has 0 heterocycles. The van der Waals surface area contributed by atoms with Crippen LogP contribution in [0, 0.1) is 11.8 Å². The molecule has 0 spiro atoms. The molecule has 392 valence electrons. The van der Waals surface area contributed by atoms with Crippen molar-refractivity contribution < 1.29 is 28.6 Å². The van der Waals surface area contributed by atoms with Gasteiger partial charge in [-0.25, -0.2) is 0 Å². The van der Waals surface area contributed by atoms with Crippen molar-refractivity contribution in [2.45, 2.75) is 343 Å². The molecule has 0 unspecified atom stereocenters. The Bertz CT molecular complexity index is 1010. The first-order valence-corrected chi connectivity index (χ1v) is 29.7. The predicted octanol–water partition coefficient (Wildman–Crippen LogP) is 19.7. The number of unbranched alkanes of at least 4 members (excludes halogenated alkanes) is 39. The van der Waals surface area contributed by atoms with Gasteiger partial charge in [-0.05, 0) is 31.1 Å². The third kappa shape index (κ3) is 53.4. The summed E-state index contributed by atoms with van der Waals surface area (Å²) in [5.74, 6) is 0.820. The van der Waals surface area contributed by atoms with Gasteiger partial charge in [-0.3, -0.25) is 14.4 Å². The van der Waals surface area contributed by atoms with Crippen molar-refractivity contribution in [1.82, 2.24) is 0 Å². The molecular weight excluding hydrogens is 817 g/mol. The minimum absolute atomic E-state index is 0.0627. The highest BCUT2D eigenvalue weighted by atomic mass is 16.6. The number of carbonyl (C=O) groups excluding carboxylic acids is 3. The molecule has 0 fully saturated rings. The highest BCUT2D eigenvalue weighted by Gasteiger charge is 2.19. The van der Waals surface area contributed by atoms with E-state index in [4.69, 9.17) is 14.2 Å². The van der Waals surface area contributed by atoms with E-state index in [1.165, 1.54) is 225 Å². The molecule has 0 amide bonds. The van der Waals surface area contributed by atoms with E-state index in [1.807, 2.05) is 0 Å². The zero-order valence-corrected chi connectivity index (χ0v) is 45.3. The molecule has 0 aliphatic heterocycles. The van der Waals surface area contributed by atoms with Gasteiger partial charge in [-0.1, -0.05) is 298 Å². The van der Waals surface area contributed by atoms with Crippen LogP contribution in [0.4, 0.5) is 0 Å². The summed E-state index contributed by atoms with van der Waals surface area (Å²) in [6.45, 7) is 11.4. The number of hydrogen-bond donors (Lipinski definition) is 0. The first-order valence-electron chi connectivity index (χ1n) is 29.7. The maximum absolute atomic E-state index is 12.8. The summed E-state index contributed by atoms with van der Waals surface area (Å²) < 4.78 is 16.9. The fourth-order valence-electron chi connectivity index (χ4n) is 9.23. The third-order valence-electron chi connectivity index (χ3n) is 13.7. The lowest BCUT2D eigenvalue weighted by atomic mass is 10.0. The third-order valence-corrected chi connectivity index (χ3v) is 13.7. The number of ether oxygens (including phenoxy) is 3. The van der Waals surface area contributed by atoms with Gasteiger partial charge in [-0.15, -0.1) is 0 Å². The Kier molecular flexibility index (Phi) is 51.5. The van der Waals surface area contributed by atoms with E-state index in [2.05, 4.69) is 34.6 Å². The van der Waals surface area contributed by atoms with Crippen LogP contribution < -0.4 is 0 Å². The van der Waals surface area contributed by atoms with Crippen molar-refractivity contribution >= 4 is 17.9 Å². The molecule has 0 saturated carbocycles. The molecular formula is C60H116O6. The van der Waals surface area contributed by atoms with Gasteiger partial charge in [0.25, 0.3) is 0 Å². The van der Waals surface area contributed by atoms with Crippen LogP contribution in [0.15, 0.2) is 0 Å². The molecule has 0 radical (unpaired) electrons. The minimum Gasteiger partial charge on any atom is -0.462 e. The molecule has 0 saturated heterocycles. The molecule has 6 heteroatoms. The summed E-state index contributed by atoms with van der Waals surface area (Å²) in [6, 6.07) is 0. The summed E-state index contributed by atoms with van der Waals surface area (Å²) in [5, 5.41) is 0. The van der Waals surface area contributed by atoms with Crippen LogP contribution in [0.5, 0.6) is 0 Å². The van der Waals surface area contributed by atoms with Crippen LogP contribution in [0.1, 0.15) is 336 Å². The maximum Gasteiger partial charge on any atom is 0.306 e. The van der Waals surface area contributed by atoms with Crippen molar-refractivity contribution in [2.24, 2.45) is 11.8 Å². The van der Waals surface area contributed by atoms with Crippen LogP contribution in [-0.4, -0.2) is 37.2 Å². The van der Waals surface area contributed by atoms with E-state index in [-0.39, 0.29) is 31.1 Å². The lowest BCUT2D eigenvalue weighted by Crippen LogP contribution is -2.30. The molecule has 0 N–H and O–H groups in total. The maximum atomic E-state index is 12.8. The zero-order valence-electron chi connectivity index (χ0n) is 45.3. The SMILES string of the molecule is CCCCCCCCCCCCCCCCCCCCCC(=O)OC[C@H](COC(=O)CCCCCCCCCCCCCCC(C)C)OC(=O)CCCCCCCCCCCCCC(C)C. The van der Waals surface area contributed by atoms with E-state index in [0.29, 0.717) is 19.3 Å². The van der Waals surface area contributed by atoms with Gasteiger partial charge in [0.2, 0.25) is 0 Å². The van der Waals surface area contributed by atoms with Crippen molar-refractivity contribution in [3.63, 3.8) is 0 Å². The van der Waals surface area contributed by atoms with Crippen LogP contribution in [0.3, 0.4) is 0 Å². The molecule has 1 atom stereocenters. The van der Waals surface area contributed by atoms with Crippen LogP contribution in [0.2, 0.25) is 0 Å². The number of hydrogen-bond acceptors (Lipinski definition) is 6. The smallest absolute Gasteiger partial charge is 0.306 e. The van der Waals surface area contributed by atoms with E-state index in [0.717, 1.165) is 69.6 Å². The van der Waals surface area contributed by atoms with E-state index < -0.39 is 6.10 Å². The van der Waals surface area contributed by atoms with E-state index in [9.17, 15) is 14.4 Å². The average Bonchev–Trinajstić information content (AvgIpc) is 3.29. The normalized spacial score (nSPS) is 12.0. The largest absolute Gasteiger partial charge is 0.462 e. The van der Waals surface area contributed by atoms with E-state index >= 15 is 0 Å². The van der Waals surface area contributed by atoms with Gasteiger partial charge < -0.3 is 14.2 Å². The first-order chi connectivity index (χ1) is 32.2. The second-order valence-corrected chi connectivity index (χ2v) is 21.6. The van der Waals surface area contributed by atoms with Crippen LogP contribution >= 0.6 is 0 Å². The van der Waals surface area contributed by atoms with Crippen molar-refractivity contribution in [3.05, 3.63) is 0 Å². The highest BCUT2D eigenvalue weighted by molar-refractivity contribution is 5.71. The summed E-state index contributed by atoms with van der Waals surface area (Å²) >= 11 is 0. The lowest BCUT2D eigenvalue weighted by molar-refractivity contribution is -0.167. The average molecular weight is 934 g/mol. The Hall–Kier alpha value is -1.59. The summed E-state index contributed by atoms with van der Waals surface area (Å²) in [7, 11) is 0. The number of carbonyl (C=O) groups is 3. The Balaban J connectivity index is 4.27. The molecule has 0 bridgehead atoms. The number of rotatable bonds is 54. The fourth-order valence-corrected chi connectivity index (χ4v) is 9.23. The highest BCUT2D eigenvalue weighted by Crippen LogP contribution is 2.18. The molecule has 0 rings (SSSR count). The second-order valence-electron chi connectivity index (χ2n) is 21.6. The van der Waals surface area contributed by atoms with Gasteiger partial charge in [0.1, 0.15) is 13.2 Å². The Morgan fingerprint density at radius 1 is 0.288 bits per heavy atom. The molecule has 0 aromatic heterocycles. The van der Waals surface area contributed by atoms with Gasteiger partial charge in [0, 0.05) is 19.3 Å². The van der Waals surface area contributed by atoms with Gasteiger partial charge in [0.15, 0.2) is 6.10 Å². The van der Waals surface area contributed by atoms with Crippen molar-refractivity contribution in [2.75, 3.05) is 13.2 Å². The van der Waals surface area contributed by atoms with Gasteiger partial charge >= 0.3 is 17.9 Å². The topological polar surface area (TPSA) is 78.9 Å². The second kappa shape index (κ2) is 52.8. The summed E-state index contributed by atoms with van der Waals surface area (Å²) in [4.78, 5) is 38.2. The Labute approximate surface area is 412 Å². The molecule has 0 aromatic carbocycles. The molecule has 0 aliphatic rings. The monoisotopic (exact) mass is 933 g/mol. The fraction of sp³-hybridized carbons (Fsp3) is 0.950. The first kappa shape index (κ1) is 64.4. The lowest BCUT2D eigenvalue weighted by Gasteiger charge is -2.18. The standard InChI is InChI=1S/C60H116O6/c1-6-7-8-9-10-11-12-13-14-15-16-17-18-19-25-30-35-40-45-50-58(61)64-53-57(66-60(63)52-47-42-37-32-27-22-24-29-34-39-44-49-56(4)5)54-65-59(62)51-46-41-36-31-26-21-20-23-28-33-38-43-48-55(2)3/h55-57H,6-54H2,1-5H3/t57-/m1/s1. The minimum atomic E-state index is -0.763. The van der Waals surface area contributed by atoms with Crippen molar-refractivity contribution in [3.8, 4) is 0 Å². The van der Waals surface area contributed by atoms with Gasteiger partial charge in [0.05, 0.1) is 0 Å². The molecule has 0 aliphatic carbocycles. The molecule has 66 heavy (non-hydrogen) atoms. The van der Waals surface area contributed by atoms with Gasteiger partial charge in [-0.2, -0.15) is 0 Å². The summed E-state index contributed by atoms with van der Waals surface area (Å²) in [5.41, 5.74) is 0. The van der Waals surface area contributed by atoms with Crippen LogP contribution in [0.25, 0.3) is 0 Å². The van der Waals surface area contributed by atoms with E-state index in [1.54, 1.807) is 0 Å². The summed E-state index contributed by atoms with van der Waals surface area (Å²) in [6.07, 6.45) is 56.7. The predicted molar refractivity (Wildman–Crippen MR) is 284 cm³/mol. The zero-order chi connectivity index (χ0) is 48.2. The molecule has 6 nitrogen and oxygen atoms in total. The van der Waals surface area contributed by atoms with Crippen molar-refractivity contribution in [1.29, 1.82) is 0 Å². The Morgan fingerprint density at radius 3 is 0.742 bits per heavy atom. The Morgan fingerprint density at radius 2 is 0.500 bits per heavy atom. The number of esters is 3.